The normalized spacial score (nSPS) is 26.0. The van der Waals surface area contributed by atoms with Crippen molar-refractivity contribution in [2.45, 2.75) is 50.1 Å². The van der Waals surface area contributed by atoms with Crippen molar-refractivity contribution in [2.75, 3.05) is 13.1 Å². The molecule has 32 heavy (non-hydrogen) atoms. The van der Waals surface area contributed by atoms with E-state index in [0.29, 0.717) is 11.6 Å². The molecule has 1 N–H and O–H groups in total. The second-order valence-corrected chi connectivity index (χ2v) is 9.89. The molecule has 1 aliphatic carbocycles. The van der Waals surface area contributed by atoms with E-state index in [1.54, 1.807) is 4.90 Å². The smallest absolute Gasteiger partial charge is 0.255 e. The number of aromatic amines is 1. The van der Waals surface area contributed by atoms with Crippen molar-refractivity contribution >= 4 is 34.3 Å². The number of H-pyrrole nitrogens is 1. The topological polar surface area (TPSA) is 56.4 Å². The Bertz CT molecular complexity index is 1240. The van der Waals surface area contributed by atoms with Gasteiger partial charge in [0.15, 0.2) is 5.54 Å². The van der Waals surface area contributed by atoms with Crippen LogP contribution in [0.3, 0.4) is 0 Å². The number of benzene rings is 2. The van der Waals surface area contributed by atoms with Crippen LogP contribution in [0, 0.1) is 0 Å². The molecule has 0 spiro atoms. The molecule has 164 valence electrons. The second-order valence-electron chi connectivity index (χ2n) is 9.48. The van der Waals surface area contributed by atoms with E-state index < -0.39 is 5.54 Å². The van der Waals surface area contributed by atoms with Crippen LogP contribution in [-0.4, -0.2) is 45.7 Å². The number of hydrogen-bond donors (Lipinski definition) is 1. The molecule has 2 atom stereocenters. The number of carbonyl (C=O) groups excluding carboxylic acids is 2. The third kappa shape index (κ3) is 2.64. The van der Waals surface area contributed by atoms with Crippen LogP contribution in [0.15, 0.2) is 48.5 Å². The lowest BCUT2D eigenvalue weighted by molar-refractivity contribution is -0.168. The Hall–Kier alpha value is -2.79. The van der Waals surface area contributed by atoms with E-state index in [1.165, 1.54) is 0 Å². The number of carbonyl (C=O) groups is 2. The summed E-state index contributed by atoms with van der Waals surface area (Å²) in [6.07, 6.45) is 4.21. The average Bonchev–Trinajstić information content (AvgIpc) is 3.46. The first-order chi connectivity index (χ1) is 15.5. The fraction of sp³-hybridized carbons (Fsp3) is 0.385. The predicted octanol–water partition coefficient (Wildman–Crippen LogP) is 4.80. The van der Waals surface area contributed by atoms with Crippen molar-refractivity contribution in [2.24, 2.45) is 0 Å². The van der Waals surface area contributed by atoms with Gasteiger partial charge in [-0.15, -0.1) is 0 Å². The van der Waals surface area contributed by atoms with Gasteiger partial charge >= 0.3 is 0 Å². The number of para-hydroxylation sites is 1. The summed E-state index contributed by atoms with van der Waals surface area (Å²) in [4.78, 5) is 34.8. The average molecular weight is 448 g/mol. The molecule has 0 bridgehead atoms. The van der Waals surface area contributed by atoms with Crippen LogP contribution in [0.4, 0.5) is 0 Å². The van der Waals surface area contributed by atoms with Gasteiger partial charge in [0.25, 0.3) is 5.91 Å². The van der Waals surface area contributed by atoms with Crippen molar-refractivity contribution in [3.8, 4) is 0 Å². The summed E-state index contributed by atoms with van der Waals surface area (Å²) in [6, 6.07) is 16.1. The van der Waals surface area contributed by atoms with Crippen molar-refractivity contribution in [3.05, 3.63) is 70.4 Å². The van der Waals surface area contributed by atoms with Crippen molar-refractivity contribution in [1.29, 1.82) is 0 Å². The maximum absolute atomic E-state index is 14.0. The van der Waals surface area contributed by atoms with E-state index in [9.17, 15) is 9.59 Å². The standard InChI is InChI=1S/C26H26ClN3O2/c1-26-24-23(18-11-5-7-13-21(18)28-24)19(17-10-4-6-12-20(17)27)14-30(26)22(31)15-29(25(26)32)16-8-2-3-9-16/h4-7,10-13,16,19,28H,2-3,8-9,14-15H2,1H3/t19?,26-/m0/s1. The summed E-state index contributed by atoms with van der Waals surface area (Å²) in [6.45, 7) is 2.54. The maximum atomic E-state index is 14.0. The number of aromatic nitrogens is 1. The molecule has 2 aliphatic heterocycles. The fourth-order valence-electron chi connectivity index (χ4n) is 6.18. The molecule has 2 amide bonds. The van der Waals surface area contributed by atoms with Crippen LogP contribution in [0.1, 0.15) is 55.3 Å². The number of halogens is 1. The van der Waals surface area contributed by atoms with Crippen LogP contribution >= 0.6 is 11.6 Å². The van der Waals surface area contributed by atoms with Gasteiger partial charge in [-0.25, -0.2) is 0 Å². The molecular formula is C26H26ClN3O2. The molecule has 3 aromatic rings. The molecule has 6 rings (SSSR count). The lowest BCUT2D eigenvalue weighted by Crippen LogP contribution is -2.68. The zero-order valence-electron chi connectivity index (χ0n) is 18.1. The lowest BCUT2D eigenvalue weighted by atomic mass is 9.76. The molecular weight excluding hydrogens is 422 g/mol. The Morgan fingerprint density at radius 1 is 1.03 bits per heavy atom. The summed E-state index contributed by atoms with van der Waals surface area (Å²) in [7, 11) is 0. The summed E-state index contributed by atoms with van der Waals surface area (Å²) in [5.41, 5.74) is 2.85. The molecule has 2 aromatic carbocycles. The van der Waals surface area contributed by atoms with Gasteiger partial charge in [-0.05, 0) is 43.0 Å². The highest BCUT2D eigenvalue weighted by atomic mass is 35.5. The SMILES string of the molecule is C[C@]12C(=O)N(C3CCCC3)CC(=O)N1CC(c1ccccc1Cl)c1c2[nH]c2ccccc12. The number of nitrogens with zero attached hydrogens (tertiary/aromatic N) is 2. The number of amides is 2. The van der Waals surface area contributed by atoms with Crippen molar-refractivity contribution in [1.82, 2.24) is 14.8 Å². The number of fused-ring (bicyclic) bond motifs is 5. The van der Waals surface area contributed by atoms with Gasteiger partial charge in [-0.3, -0.25) is 9.59 Å². The van der Waals surface area contributed by atoms with E-state index in [1.807, 2.05) is 54.3 Å². The first-order valence-electron chi connectivity index (χ1n) is 11.5. The van der Waals surface area contributed by atoms with E-state index >= 15 is 0 Å². The Kier molecular flexibility index (Phi) is 4.41. The van der Waals surface area contributed by atoms with Gasteiger partial charge in [-0.1, -0.05) is 60.8 Å². The van der Waals surface area contributed by atoms with Crippen molar-refractivity contribution in [3.63, 3.8) is 0 Å². The van der Waals surface area contributed by atoms with Crippen LogP contribution < -0.4 is 0 Å². The summed E-state index contributed by atoms with van der Waals surface area (Å²) < 4.78 is 0. The fourth-order valence-corrected chi connectivity index (χ4v) is 6.45. The second kappa shape index (κ2) is 7.11. The van der Waals surface area contributed by atoms with Gasteiger partial charge in [0.2, 0.25) is 5.91 Å². The zero-order valence-corrected chi connectivity index (χ0v) is 18.9. The van der Waals surface area contributed by atoms with Crippen molar-refractivity contribution < 1.29 is 9.59 Å². The highest BCUT2D eigenvalue weighted by Gasteiger charge is 2.57. The Labute approximate surface area is 192 Å². The van der Waals surface area contributed by atoms with Crippen LogP contribution in [0.5, 0.6) is 0 Å². The van der Waals surface area contributed by atoms with Gasteiger partial charge in [0.1, 0.15) is 6.54 Å². The number of piperazine rings is 1. The molecule has 0 radical (unpaired) electrons. The molecule has 1 unspecified atom stereocenters. The Morgan fingerprint density at radius 3 is 2.53 bits per heavy atom. The third-order valence-electron chi connectivity index (χ3n) is 7.82. The zero-order chi connectivity index (χ0) is 22.0. The number of hydrogen-bond acceptors (Lipinski definition) is 2. The maximum Gasteiger partial charge on any atom is 0.255 e. The number of nitrogens with one attached hydrogen (secondary N) is 1. The summed E-state index contributed by atoms with van der Waals surface area (Å²) >= 11 is 6.64. The molecule has 1 saturated heterocycles. The minimum atomic E-state index is -1.04. The summed E-state index contributed by atoms with van der Waals surface area (Å²) in [5, 5.41) is 1.77. The molecule has 6 heteroatoms. The first-order valence-corrected chi connectivity index (χ1v) is 11.8. The van der Waals surface area contributed by atoms with Crippen LogP contribution in [0.2, 0.25) is 5.02 Å². The third-order valence-corrected chi connectivity index (χ3v) is 8.16. The van der Waals surface area contributed by atoms with Gasteiger partial charge in [0, 0.05) is 34.4 Å². The summed E-state index contributed by atoms with van der Waals surface area (Å²) in [5.74, 6) is -0.0486. The largest absolute Gasteiger partial charge is 0.356 e. The van der Waals surface area contributed by atoms with Crippen LogP contribution in [0.25, 0.3) is 10.9 Å². The lowest BCUT2D eigenvalue weighted by Gasteiger charge is -2.52. The van der Waals surface area contributed by atoms with E-state index in [2.05, 4.69) is 11.1 Å². The van der Waals surface area contributed by atoms with E-state index in [-0.39, 0.29) is 30.3 Å². The van der Waals surface area contributed by atoms with E-state index in [0.717, 1.165) is 53.4 Å². The highest BCUT2D eigenvalue weighted by molar-refractivity contribution is 6.31. The van der Waals surface area contributed by atoms with Crippen LogP contribution in [-0.2, 0) is 15.1 Å². The number of rotatable bonds is 2. The molecule has 3 aliphatic rings. The highest BCUT2D eigenvalue weighted by Crippen LogP contribution is 2.49. The monoisotopic (exact) mass is 447 g/mol. The molecule has 5 nitrogen and oxygen atoms in total. The Morgan fingerprint density at radius 2 is 1.75 bits per heavy atom. The molecule has 2 fully saturated rings. The minimum absolute atomic E-state index is 0.0142. The molecule has 1 aromatic heterocycles. The Balaban J connectivity index is 1.58. The van der Waals surface area contributed by atoms with Gasteiger partial charge in [-0.2, -0.15) is 0 Å². The first kappa shape index (κ1) is 19.9. The molecule has 3 heterocycles. The quantitative estimate of drug-likeness (QED) is 0.613. The molecule has 1 saturated carbocycles. The van der Waals surface area contributed by atoms with E-state index in [4.69, 9.17) is 11.6 Å². The van der Waals surface area contributed by atoms with Gasteiger partial charge in [0.05, 0.1) is 5.69 Å². The minimum Gasteiger partial charge on any atom is -0.356 e. The predicted molar refractivity (Wildman–Crippen MR) is 125 cm³/mol. The van der Waals surface area contributed by atoms with Gasteiger partial charge < -0.3 is 14.8 Å².